The van der Waals surface area contributed by atoms with Crippen LogP contribution < -0.4 is 14.8 Å². The van der Waals surface area contributed by atoms with Crippen LogP contribution in [-0.2, 0) is 22.5 Å². The Bertz CT molecular complexity index is 1240. The van der Waals surface area contributed by atoms with E-state index in [2.05, 4.69) is 5.32 Å². The number of nitrogens with zero attached hydrogens (tertiary/aromatic N) is 2. The molecule has 3 amide bonds. The molecule has 0 fully saturated rings. The van der Waals surface area contributed by atoms with Crippen molar-refractivity contribution in [2.75, 3.05) is 52.4 Å². The zero-order valence-electron chi connectivity index (χ0n) is 23.0. The van der Waals surface area contributed by atoms with Crippen LogP contribution in [0.3, 0.4) is 0 Å². The number of benzene rings is 2. The largest absolute Gasteiger partial charge is 0.493 e. The Balaban J connectivity index is 1.75. The molecule has 0 aliphatic carbocycles. The Kier molecular flexibility index (Phi) is 12.5. The van der Waals surface area contributed by atoms with E-state index in [1.165, 1.54) is 23.1 Å². The van der Waals surface area contributed by atoms with Crippen LogP contribution in [0.1, 0.15) is 23.8 Å². The molecule has 216 valence electrons. The van der Waals surface area contributed by atoms with Crippen LogP contribution in [0.15, 0.2) is 53.9 Å². The topological polar surface area (TPSA) is 80.3 Å². The third-order valence-electron chi connectivity index (χ3n) is 6.10. The maximum atomic E-state index is 13.6. The first-order valence-corrected chi connectivity index (χ1v) is 14.2. The van der Waals surface area contributed by atoms with E-state index < -0.39 is 11.8 Å². The van der Waals surface area contributed by atoms with Crippen molar-refractivity contribution in [2.24, 2.45) is 0 Å². The summed E-state index contributed by atoms with van der Waals surface area (Å²) in [6, 6.07) is 13.1. The second-order valence-electron chi connectivity index (χ2n) is 8.87. The third-order valence-corrected chi connectivity index (χ3v) is 7.25. The molecule has 3 rings (SSSR count). The smallest absolute Gasteiger partial charge is 0.322 e. The molecule has 0 aliphatic heterocycles. The van der Waals surface area contributed by atoms with E-state index in [4.69, 9.17) is 25.8 Å². The van der Waals surface area contributed by atoms with Crippen LogP contribution in [0.5, 0.6) is 11.5 Å². The highest BCUT2D eigenvalue weighted by Gasteiger charge is 2.22. The van der Waals surface area contributed by atoms with E-state index in [0.717, 1.165) is 10.4 Å². The van der Waals surface area contributed by atoms with Gasteiger partial charge in [-0.1, -0.05) is 23.7 Å². The average molecular weight is 592 g/mol. The third kappa shape index (κ3) is 9.39. The lowest BCUT2D eigenvalue weighted by Gasteiger charge is -2.28. The van der Waals surface area contributed by atoms with Gasteiger partial charge in [0.15, 0.2) is 11.5 Å². The van der Waals surface area contributed by atoms with Gasteiger partial charge in [0, 0.05) is 36.9 Å². The Morgan fingerprint density at radius 2 is 1.82 bits per heavy atom. The van der Waals surface area contributed by atoms with Crippen LogP contribution in [0.2, 0.25) is 5.02 Å². The first-order chi connectivity index (χ1) is 19.3. The van der Waals surface area contributed by atoms with Gasteiger partial charge in [-0.3, -0.25) is 4.79 Å². The van der Waals surface area contributed by atoms with E-state index in [0.29, 0.717) is 62.9 Å². The minimum Gasteiger partial charge on any atom is -0.493 e. The quantitative estimate of drug-likeness (QED) is 0.216. The van der Waals surface area contributed by atoms with E-state index in [-0.39, 0.29) is 17.5 Å². The summed E-state index contributed by atoms with van der Waals surface area (Å²) < 4.78 is 29.8. The summed E-state index contributed by atoms with van der Waals surface area (Å²) in [4.78, 5) is 31.1. The van der Waals surface area contributed by atoms with Gasteiger partial charge < -0.3 is 29.3 Å². The minimum atomic E-state index is -0.581. The number of nitrogens with one attached hydrogen (secondary N) is 1. The number of methoxy groups -OCH3 is 2. The van der Waals surface area contributed by atoms with Crippen molar-refractivity contribution >= 4 is 40.6 Å². The highest BCUT2D eigenvalue weighted by atomic mass is 35.5. The van der Waals surface area contributed by atoms with Crippen LogP contribution in [-0.4, -0.2) is 68.8 Å². The normalized spacial score (nSPS) is 10.7. The van der Waals surface area contributed by atoms with Crippen LogP contribution in [0.4, 0.5) is 14.9 Å². The number of thiophene rings is 1. The lowest BCUT2D eigenvalue weighted by atomic mass is 10.1. The number of hydrogen-bond acceptors (Lipinski definition) is 6. The molecule has 40 heavy (non-hydrogen) atoms. The summed E-state index contributed by atoms with van der Waals surface area (Å²) in [5.41, 5.74) is 1.32. The molecule has 11 heteroatoms. The highest BCUT2D eigenvalue weighted by molar-refractivity contribution is 7.09. The molecule has 1 heterocycles. The molecule has 0 saturated carbocycles. The Morgan fingerprint density at radius 3 is 2.50 bits per heavy atom. The number of urea groups is 1. The predicted octanol–water partition coefficient (Wildman–Crippen LogP) is 6.09. The highest BCUT2D eigenvalue weighted by Crippen LogP contribution is 2.28. The fourth-order valence-electron chi connectivity index (χ4n) is 3.98. The molecule has 3 aromatic rings. The lowest BCUT2D eigenvalue weighted by molar-refractivity contribution is -0.132. The van der Waals surface area contributed by atoms with Gasteiger partial charge in [0.05, 0.1) is 25.8 Å². The van der Waals surface area contributed by atoms with Gasteiger partial charge in [-0.25, -0.2) is 9.18 Å². The van der Waals surface area contributed by atoms with Gasteiger partial charge in [-0.05, 0) is 67.1 Å². The number of rotatable bonds is 15. The molecule has 1 N–H and O–H groups in total. The van der Waals surface area contributed by atoms with Gasteiger partial charge in [0.1, 0.15) is 12.4 Å². The number of hydrogen-bond donors (Lipinski definition) is 1. The Labute approximate surface area is 243 Å². The first kappa shape index (κ1) is 31.2. The van der Waals surface area contributed by atoms with Gasteiger partial charge >= 0.3 is 6.03 Å². The van der Waals surface area contributed by atoms with Crippen molar-refractivity contribution in [3.05, 3.63) is 75.2 Å². The average Bonchev–Trinajstić information content (AvgIpc) is 3.47. The molecule has 0 saturated heterocycles. The SMILES string of the molecule is CCOCCCN(CC(=O)N(CCc1ccc(OC)c(OC)c1)Cc1cccs1)C(=O)Nc1ccc(F)c(Cl)c1. The standard InChI is InChI=1S/C29H35ClFN3O5S/c1-4-39-15-6-13-34(29(36)32-22-9-10-25(31)24(30)18-22)20-28(35)33(19-23-7-5-16-40-23)14-12-21-8-11-26(37-2)27(17-21)38-3/h5,7-11,16-18H,4,6,12-15,19-20H2,1-3H3,(H,32,36). The zero-order valence-corrected chi connectivity index (χ0v) is 24.5. The van der Waals surface area contributed by atoms with E-state index in [9.17, 15) is 14.0 Å². The first-order valence-electron chi connectivity index (χ1n) is 12.9. The summed E-state index contributed by atoms with van der Waals surface area (Å²) in [7, 11) is 3.17. The van der Waals surface area contributed by atoms with E-state index in [1.807, 2.05) is 42.6 Å². The molecule has 0 aliphatic rings. The van der Waals surface area contributed by atoms with Crippen molar-refractivity contribution in [1.82, 2.24) is 9.80 Å². The van der Waals surface area contributed by atoms with Crippen molar-refractivity contribution in [2.45, 2.75) is 26.3 Å². The van der Waals surface area contributed by atoms with Crippen molar-refractivity contribution in [1.29, 1.82) is 0 Å². The maximum absolute atomic E-state index is 13.6. The summed E-state index contributed by atoms with van der Waals surface area (Å²) in [6.07, 6.45) is 1.14. The van der Waals surface area contributed by atoms with Gasteiger partial charge in [-0.2, -0.15) is 0 Å². The lowest BCUT2D eigenvalue weighted by Crippen LogP contribution is -2.45. The molecule has 0 radical (unpaired) electrons. The minimum absolute atomic E-state index is 0.103. The van der Waals surface area contributed by atoms with Crippen LogP contribution >= 0.6 is 22.9 Å². The van der Waals surface area contributed by atoms with Gasteiger partial charge in [0.2, 0.25) is 5.91 Å². The van der Waals surface area contributed by atoms with Crippen molar-refractivity contribution < 1.29 is 28.2 Å². The summed E-state index contributed by atoms with van der Waals surface area (Å²) >= 11 is 7.45. The summed E-state index contributed by atoms with van der Waals surface area (Å²) in [5.74, 6) is 0.475. The fourth-order valence-corrected chi connectivity index (χ4v) is 4.88. The van der Waals surface area contributed by atoms with Gasteiger partial charge in [-0.15, -0.1) is 11.3 Å². The zero-order chi connectivity index (χ0) is 28.9. The monoisotopic (exact) mass is 591 g/mol. The number of ether oxygens (including phenoxy) is 3. The van der Waals surface area contributed by atoms with Crippen molar-refractivity contribution in [3.8, 4) is 11.5 Å². The molecular formula is C29H35ClFN3O5S. The molecule has 1 aromatic heterocycles. The number of halogens is 2. The van der Waals surface area contributed by atoms with E-state index >= 15 is 0 Å². The molecule has 0 atom stereocenters. The molecule has 0 bridgehead atoms. The number of carbonyl (C=O) groups is 2. The number of amides is 3. The molecular weight excluding hydrogens is 557 g/mol. The maximum Gasteiger partial charge on any atom is 0.322 e. The molecule has 0 unspecified atom stereocenters. The Hall–Kier alpha value is -3.34. The van der Waals surface area contributed by atoms with Crippen LogP contribution in [0, 0.1) is 5.82 Å². The Morgan fingerprint density at radius 1 is 1.02 bits per heavy atom. The second kappa shape index (κ2) is 16.1. The second-order valence-corrected chi connectivity index (χ2v) is 10.3. The molecule has 0 spiro atoms. The number of anilines is 1. The van der Waals surface area contributed by atoms with Crippen LogP contribution in [0.25, 0.3) is 0 Å². The fraction of sp³-hybridized carbons (Fsp3) is 0.379. The molecule has 2 aromatic carbocycles. The van der Waals surface area contributed by atoms with E-state index in [1.54, 1.807) is 30.5 Å². The van der Waals surface area contributed by atoms with Crippen molar-refractivity contribution in [3.63, 3.8) is 0 Å². The van der Waals surface area contributed by atoms with Gasteiger partial charge in [0.25, 0.3) is 0 Å². The summed E-state index contributed by atoms with van der Waals surface area (Å²) in [6.45, 7) is 3.94. The summed E-state index contributed by atoms with van der Waals surface area (Å²) in [5, 5.41) is 4.59. The predicted molar refractivity (Wildman–Crippen MR) is 156 cm³/mol. The number of carbonyl (C=O) groups excluding carboxylic acids is 2. The molecule has 8 nitrogen and oxygen atoms in total.